The van der Waals surface area contributed by atoms with Crippen LogP contribution in [0.1, 0.15) is 24.5 Å². The lowest BCUT2D eigenvalue weighted by molar-refractivity contribution is -0.122. The molecule has 1 amide bonds. The Hall–Kier alpha value is -3.40. The van der Waals surface area contributed by atoms with Gasteiger partial charge in [-0.15, -0.1) is 0 Å². The number of ether oxygens (including phenoxy) is 7. The molecule has 0 saturated heterocycles. The van der Waals surface area contributed by atoms with Gasteiger partial charge in [0, 0.05) is 19.6 Å². The number of amides is 1. The highest BCUT2D eigenvalue weighted by molar-refractivity contribution is 5.76. The molecule has 0 unspecified atom stereocenters. The molecule has 0 aliphatic heterocycles. The summed E-state index contributed by atoms with van der Waals surface area (Å²) in [4.78, 5) is 27.3. The lowest BCUT2D eigenvalue weighted by Crippen LogP contribution is -2.24. The fourth-order valence-corrected chi connectivity index (χ4v) is 3.53. The number of benzene rings is 1. The van der Waals surface area contributed by atoms with Gasteiger partial charge in [0.15, 0.2) is 5.65 Å². The summed E-state index contributed by atoms with van der Waals surface area (Å²) in [6.45, 7) is 8.78. The van der Waals surface area contributed by atoms with Gasteiger partial charge in [0.2, 0.25) is 17.7 Å². The first-order chi connectivity index (χ1) is 20.7. The summed E-state index contributed by atoms with van der Waals surface area (Å²) in [6, 6.07) is 7.74. The summed E-state index contributed by atoms with van der Waals surface area (Å²) >= 11 is 0. The molecule has 14 heteroatoms. The molecule has 0 aliphatic rings. The number of H-pyrrole nitrogens is 1. The second-order valence-corrected chi connectivity index (χ2v) is 8.88. The SMILES string of the molecule is CCOCCOCCOCCOCCOCCOCCC(=O)NCc1ccc(COc2nc(N)nc3nc[nH]c23)cc1. The molecule has 3 rings (SSSR count). The van der Waals surface area contributed by atoms with Crippen LogP contribution in [0, 0.1) is 0 Å². The molecule has 1 aromatic carbocycles. The van der Waals surface area contributed by atoms with Gasteiger partial charge in [0.25, 0.3) is 0 Å². The monoisotopic (exact) mass is 590 g/mol. The molecule has 3 aromatic rings. The second kappa shape index (κ2) is 20.5. The molecule has 232 valence electrons. The van der Waals surface area contributed by atoms with E-state index < -0.39 is 0 Å². The predicted octanol–water partition coefficient (Wildman–Crippen LogP) is 1.64. The molecule has 0 radical (unpaired) electrons. The van der Waals surface area contributed by atoms with Gasteiger partial charge in [-0.25, -0.2) is 4.98 Å². The largest absolute Gasteiger partial charge is 0.471 e. The summed E-state index contributed by atoms with van der Waals surface area (Å²) in [5, 5.41) is 2.89. The third kappa shape index (κ3) is 13.5. The number of hydrogen-bond donors (Lipinski definition) is 3. The Kier molecular flexibility index (Phi) is 16.1. The standard InChI is InChI=1S/C28H42N6O8/c1-2-36-9-10-38-13-14-40-17-18-41-16-15-39-12-11-37-8-7-24(35)30-19-22-3-5-23(6-4-22)20-42-27-25-26(32-21-31-25)33-28(29)34-27/h3-6,21H,2,7-20H2,1H3,(H,30,35)(H3,29,31,32,33,34). The molecule has 0 aliphatic carbocycles. The zero-order valence-corrected chi connectivity index (χ0v) is 24.2. The number of aromatic nitrogens is 4. The van der Waals surface area contributed by atoms with E-state index >= 15 is 0 Å². The van der Waals surface area contributed by atoms with Crippen molar-refractivity contribution in [3.8, 4) is 5.88 Å². The summed E-state index contributed by atoms with van der Waals surface area (Å²) in [5.41, 5.74) is 8.67. The van der Waals surface area contributed by atoms with Gasteiger partial charge in [-0.05, 0) is 18.1 Å². The van der Waals surface area contributed by atoms with Crippen LogP contribution in [0.15, 0.2) is 30.6 Å². The number of aromatic amines is 1. The Balaban J connectivity index is 1.12. The molecular weight excluding hydrogens is 548 g/mol. The first-order valence-electron chi connectivity index (χ1n) is 14.1. The number of carbonyl (C=O) groups is 1. The smallest absolute Gasteiger partial charge is 0.245 e. The molecule has 0 saturated carbocycles. The third-order valence-corrected chi connectivity index (χ3v) is 5.70. The number of nitrogens with two attached hydrogens (primary N) is 1. The average molecular weight is 591 g/mol. The third-order valence-electron chi connectivity index (χ3n) is 5.70. The Morgan fingerprint density at radius 1 is 0.786 bits per heavy atom. The van der Waals surface area contributed by atoms with Gasteiger partial charge in [-0.3, -0.25) is 4.79 Å². The average Bonchev–Trinajstić information content (AvgIpc) is 3.47. The van der Waals surface area contributed by atoms with Crippen LogP contribution < -0.4 is 15.8 Å². The van der Waals surface area contributed by atoms with Crippen LogP contribution in [0.5, 0.6) is 5.88 Å². The van der Waals surface area contributed by atoms with Crippen molar-refractivity contribution < 1.29 is 38.0 Å². The number of nitrogen functional groups attached to an aromatic ring is 1. The van der Waals surface area contributed by atoms with Crippen molar-refractivity contribution in [2.24, 2.45) is 0 Å². The van der Waals surface area contributed by atoms with Crippen LogP contribution in [0.2, 0.25) is 0 Å². The van der Waals surface area contributed by atoms with Crippen LogP contribution in [-0.2, 0) is 46.4 Å². The molecule has 0 bridgehead atoms. The highest BCUT2D eigenvalue weighted by atomic mass is 16.6. The van der Waals surface area contributed by atoms with Gasteiger partial charge in [0.1, 0.15) is 12.1 Å². The number of carbonyl (C=O) groups excluding carboxylic acids is 1. The first kappa shape index (κ1) is 33.1. The zero-order chi connectivity index (χ0) is 29.7. The minimum Gasteiger partial charge on any atom is -0.471 e. The maximum atomic E-state index is 12.1. The van der Waals surface area contributed by atoms with Crippen LogP contribution in [0.4, 0.5) is 5.95 Å². The Bertz CT molecular complexity index is 1150. The van der Waals surface area contributed by atoms with E-state index in [0.29, 0.717) is 109 Å². The minimum absolute atomic E-state index is 0.0825. The maximum absolute atomic E-state index is 12.1. The van der Waals surface area contributed by atoms with Crippen molar-refractivity contribution in [2.45, 2.75) is 26.5 Å². The maximum Gasteiger partial charge on any atom is 0.245 e. The predicted molar refractivity (Wildman–Crippen MR) is 154 cm³/mol. The molecular formula is C28H42N6O8. The van der Waals surface area contributed by atoms with E-state index in [1.807, 2.05) is 31.2 Å². The van der Waals surface area contributed by atoms with E-state index in [2.05, 4.69) is 25.3 Å². The van der Waals surface area contributed by atoms with E-state index in [-0.39, 0.29) is 18.3 Å². The van der Waals surface area contributed by atoms with E-state index in [9.17, 15) is 4.79 Å². The van der Waals surface area contributed by atoms with Crippen molar-refractivity contribution in [1.82, 2.24) is 25.3 Å². The molecule has 0 atom stereocenters. The van der Waals surface area contributed by atoms with Gasteiger partial charge >= 0.3 is 0 Å². The number of nitrogens with zero attached hydrogens (tertiary/aromatic N) is 3. The summed E-state index contributed by atoms with van der Waals surface area (Å²) in [6.07, 6.45) is 1.79. The Morgan fingerprint density at radius 2 is 1.33 bits per heavy atom. The molecule has 4 N–H and O–H groups in total. The van der Waals surface area contributed by atoms with Crippen LogP contribution >= 0.6 is 0 Å². The molecule has 42 heavy (non-hydrogen) atoms. The number of anilines is 1. The number of nitrogens with one attached hydrogen (secondary N) is 2. The van der Waals surface area contributed by atoms with Crippen molar-refractivity contribution in [3.63, 3.8) is 0 Å². The van der Waals surface area contributed by atoms with Crippen molar-refractivity contribution in [2.75, 3.05) is 85.0 Å². The lowest BCUT2D eigenvalue weighted by Gasteiger charge is -2.09. The van der Waals surface area contributed by atoms with Crippen LogP contribution in [0.25, 0.3) is 11.2 Å². The van der Waals surface area contributed by atoms with Gasteiger partial charge in [-0.2, -0.15) is 9.97 Å². The van der Waals surface area contributed by atoms with E-state index in [1.165, 1.54) is 6.33 Å². The van der Waals surface area contributed by atoms with E-state index in [4.69, 9.17) is 38.9 Å². The van der Waals surface area contributed by atoms with Gasteiger partial charge in [0.05, 0.1) is 79.0 Å². The normalized spacial score (nSPS) is 11.3. The van der Waals surface area contributed by atoms with Crippen LogP contribution in [0.3, 0.4) is 0 Å². The second-order valence-electron chi connectivity index (χ2n) is 8.88. The molecule has 2 aromatic heterocycles. The number of fused-ring (bicyclic) bond motifs is 1. The fraction of sp³-hybridized carbons (Fsp3) is 0.571. The minimum atomic E-state index is -0.0825. The number of rotatable bonds is 24. The molecule has 14 nitrogen and oxygen atoms in total. The summed E-state index contributed by atoms with van der Waals surface area (Å²) < 4.78 is 38.1. The van der Waals surface area contributed by atoms with E-state index in [1.54, 1.807) is 0 Å². The van der Waals surface area contributed by atoms with E-state index in [0.717, 1.165) is 11.1 Å². The number of hydrogen-bond acceptors (Lipinski definition) is 12. The van der Waals surface area contributed by atoms with Gasteiger partial charge in [-0.1, -0.05) is 24.3 Å². The molecule has 0 fully saturated rings. The first-order valence-corrected chi connectivity index (χ1v) is 14.1. The van der Waals surface area contributed by atoms with Crippen molar-refractivity contribution in [1.29, 1.82) is 0 Å². The topological polar surface area (TPSA) is 174 Å². The van der Waals surface area contributed by atoms with Crippen molar-refractivity contribution in [3.05, 3.63) is 41.7 Å². The lowest BCUT2D eigenvalue weighted by atomic mass is 10.1. The number of imidazole rings is 1. The zero-order valence-electron chi connectivity index (χ0n) is 24.2. The highest BCUT2D eigenvalue weighted by Crippen LogP contribution is 2.20. The molecule has 0 spiro atoms. The summed E-state index contributed by atoms with van der Waals surface area (Å²) in [5.74, 6) is 0.361. The quantitative estimate of drug-likeness (QED) is 0.129. The van der Waals surface area contributed by atoms with Crippen LogP contribution in [-0.4, -0.2) is 105 Å². The van der Waals surface area contributed by atoms with Crippen molar-refractivity contribution >= 4 is 23.0 Å². The fourth-order valence-electron chi connectivity index (χ4n) is 3.53. The Morgan fingerprint density at radius 3 is 1.93 bits per heavy atom. The summed E-state index contributed by atoms with van der Waals surface area (Å²) in [7, 11) is 0. The molecule has 2 heterocycles. The highest BCUT2D eigenvalue weighted by Gasteiger charge is 2.10. The van der Waals surface area contributed by atoms with Gasteiger partial charge < -0.3 is 49.2 Å². The Labute approximate surface area is 245 Å².